The number of sulfonamides is 1. The lowest BCUT2D eigenvalue weighted by molar-refractivity contribution is -0.131. The first kappa shape index (κ1) is 19.8. The van der Waals surface area contributed by atoms with Crippen LogP contribution in [0.1, 0.15) is 17.5 Å². The van der Waals surface area contributed by atoms with E-state index in [0.717, 1.165) is 29.3 Å². The molecular formula is C18H24N4O3S2. The lowest BCUT2D eigenvalue weighted by atomic mass is 10.1. The molecule has 0 radical (unpaired) electrons. The van der Waals surface area contributed by atoms with E-state index in [-0.39, 0.29) is 23.8 Å². The highest BCUT2D eigenvalue weighted by atomic mass is 32.2. The van der Waals surface area contributed by atoms with Gasteiger partial charge in [-0.2, -0.15) is 0 Å². The lowest BCUT2D eigenvalue weighted by Gasteiger charge is -2.34. The molecule has 1 amide bonds. The van der Waals surface area contributed by atoms with Crippen LogP contribution in [0.15, 0.2) is 34.7 Å². The van der Waals surface area contributed by atoms with Gasteiger partial charge in [-0.15, -0.1) is 11.3 Å². The van der Waals surface area contributed by atoms with Crippen LogP contribution in [0.4, 0.5) is 5.13 Å². The fourth-order valence-electron chi connectivity index (χ4n) is 2.93. The molecule has 146 valence electrons. The van der Waals surface area contributed by atoms with E-state index in [9.17, 15) is 13.2 Å². The first-order chi connectivity index (χ1) is 12.9. The number of nitrogens with one attached hydrogen (secondary N) is 1. The Morgan fingerprint density at radius 3 is 2.56 bits per heavy atom. The zero-order valence-corrected chi connectivity index (χ0v) is 17.1. The molecule has 2 aromatic rings. The number of aryl methyl sites for hydroxylation is 2. The molecule has 3 rings (SSSR count). The zero-order chi connectivity index (χ0) is 19.4. The Bertz CT molecular complexity index is 889. The van der Waals surface area contributed by atoms with Crippen LogP contribution in [0.3, 0.4) is 0 Å². The Labute approximate surface area is 164 Å². The van der Waals surface area contributed by atoms with Gasteiger partial charge < -0.3 is 9.80 Å². The number of benzene rings is 1. The molecule has 0 bridgehead atoms. The smallest absolute Gasteiger partial charge is 0.240 e. The van der Waals surface area contributed by atoms with E-state index in [4.69, 9.17) is 0 Å². The highest BCUT2D eigenvalue weighted by Crippen LogP contribution is 2.19. The molecule has 9 heteroatoms. The third kappa shape index (κ3) is 4.85. The maximum Gasteiger partial charge on any atom is 0.240 e. The number of anilines is 1. The predicted molar refractivity (Wildman–Crippen MR) is 107 cm³/mol. The van der Waals surface area contributed by atoms with Gasteiger partial charge in [0.1, 0.15) is 0 Å². The third-order valence-electron chi connectivity index (χ3n) is 4.74. The summed E-state index contributed by atoms with van der Waals surface area (Å²) in [7, 11) is -3.60. The van der Waals surface area contributed by atoms with Gasteiger partial charge in [0.05, 0.1) is 4.90 Å². The fraction of sp³-hybridized carbons (Fsp3) is 0.444. The summed E-state index contributed by atoms with van der Waals surface area (Å²) in [6.07, 6.45) is 1.93. The van der Waals surface area contributed by atoms with Crippen LogP contribution in [0, 0.1) is 13.8 Å². The van der Waals surface area contributed by atoms with E-state index in [1.807, 2.05) is 19.2 Å². The zero-order valence-electron chi connectivity index (χ0n) is 15.5. The molecule has 1 aliphatic rings. The second-order valence-corrected chi connectivity index (χ2v) is 9.22. The van der Waals surface area contributed by atoms with Crippen molar-refractivity contribution in [3.8, 4) is 0 Å². The average molecular weight is 409 g/mol. The topological polar surface area (TPSA) is 82.6 Å². The van der Waals surface area contributed by atoms with Crippen LogP contribution in [0.2, 0.25) is 0 Å². The summed E-state index contributed by atoms with van der Waals surface area (Å²) in [4.78, 5) is 20.8. The number of piperazine rings is 1. The summed E-state index contributed by atoms with van der Waals surface area (Å²) in [5.74, 6) is -0.0309. The lowest BCUT2D eigenvalue weighted by Crippen LogP contribution is -2.49. The number of carbonyl (C=O) groups excluding carboxylic acids is 1. The molecule has 0 aliphatic carbocycles. The van der Waals surface area contributed by atoms with Crippen LogP contribution in [0.25, 0.3) is 0 Å². The number of carbonyl (C=O) groups is 1. The molecule has 0 atom stereocenters. The predicted octanol–water partition coefficient (Wildman–Crippen LogP) is 1.78. The number of aromatic nitrogens is 1. The Kier molecular flexibility index (Phi) is 6.13. The molecule has 0 unspecified atom stereocenters. The Hall–Kier alpha value is -1.97. The second kappa shape index (κ2) is 8.37. The number of rotatable bonds is 6. The number of nitrogens with zero attached hydrogens (tertiary/aromatic N) is 3. The highest BCUT2D eigenvalue weighted by Gasteiger charge is 2.22. The van der Waals surface area contributed by atoms with E-state index < -0.39 is 10.0 Å². The monoisotopic (exact) mass is 408 g/mol. The summed E-state index contributed by atoms with van der Waals surface area (Å²) < 4.78 is 27.3. The standard InChI is InChI=1S/C18H24N4O3S2/c1-14-3-4-16(13-15(14)2)27(24,25)20-6-5-17(23)21-8-10-22(11-9-21)18-19-7-12-26-18/h3-4,7,12-13,20H,5-6,8-11H2,1-2H3. The number of hydrogen-bond acceptors (Lipinski definition) is 6. The average Bonchev–Trinajstić information content (AvgIpc) is 3.18. The molecule has 1 N–H and O–H groups in total. The fourth-order valence-corrected chi connectivity index (χ4v) is 4.75. The first-order valence-corrected chi connectivity index (χ1v) is 11.2. The summed E-state index contributed by atoms with van der Waals surface area (Å²) >= 11 is 1.59. The highest BCUT2D eigenvalue weighted by molar-refractivity contribution is 7.89. The molecule has 1 aromatic heterocycles. The Balaban J connectivity index is 1.47. The molecule has 1 aromatic carbocycles. The largest absolute Gasteiger partial charge is 0.345 e. The quantitative estimate of drug-likeness (QED) is 0.788. The summed E-state index contributed by atoms with van der Waals surface area (Å²) in [6, 6.07) is 5.03. The minimum absolute atomic E-state index is 0.0309. The summed E-state index contributed by atoms with van der Waals surface area (Å²) in [6.45, 7) is 6.65. The SMILES string of the molecule is Cc1ccc(S(=O)(=O)NCCC(=O)N2CCN(c3nccs3)CC2)cc1C. The van der Waals surface area contributed by atoms with Crippen LogP contribution in [-0.4, -0.2) is 56.9 Å². The molecule has 1 saturated heterocycles. The van der Waals surface area contributed by atoms with Crippen molar-refractivity contribution >= 4 is 32.4 Å². The van der Waals surface area contributed by atoms with Crippen LogP contribution < -0.4 is 9.62 Å². The van der Waals surface area contributed by atoms with Gasteiger partial charge in [-0.1, -0.05) is 6.07 Å². The van der Waals surface area contributed by atoms with E-state index in [2.05, 4.69) is 14.6 Å². The van der Waals surface area contributed by atoms with Crippen LogP contribution in [-0.2, 0) is 14.8 Å². The normalized spacial score (nSPS) is 15.2. The molecule has 0 saturated carbocycles. The van der Waals surface area contributed by atoms with Gasteiger partial charge in [0, 0.05) is 50.7 Å². The molecule has 27 heavy (non-hydrogen) atoms. The second-order valence-electron chi connectivity index (χ2n) is 6.58. The summed E-state index contributed by atoms with van der Waals surface area (Å²) in [5.41, 5.74) is 1.97. The third-order valence-corrected chi connectivity index (χ3v) is 7.03. The molecule has 7 nitrogen and oxygen atoms in total. The van der Waals surface area contributed by atoms with Crippen molar-refractivity contribution in [3.63, 3.8) is 0 Å². The minimum Gasteiger partial charge on any atom is -0.345 e. The van der Waals surface area contributed by atoms with Crippen molar-refractivity contribution in [2.45, 2.75) is 25.2 Å². The molecule has 2 heterocycles. The van der Waals surface area contributed by atoms with Gasteiger partial charge in [-0.3, -0.25) is 4.79 Å². The first-order valence-electron chi connectivity index (χ1n) is 8.86. The maximum atomic E-state index is 12.4. The molecule has 1 aliphatic heterocycles. The van der Waals surface area contributed by atoms with Crippen molar-refractivity contribution < 1.29 is 13.2 Å². The maximum absolute atomic E-state index is 12.4. The van der Waals surface area contributed by atoms with Gasteiger partial charge in [0.15, 0.2) is 5.13 Å². The van der Waals surface area contributed by atoms with E-state index in [1.165, 1.54) is 0 Å². The Morgan fingerprint density at radius 1 is 1.19 bits per heavy atom. The van der Waals surface area contributed by atoms with Gasteiger partial charge in [-0.05, 0) is 37.1 Å². The number of amides is 1. The molecule has 0 spiro atoms. The van der Waals surface area contributed by atoms with E-state index >= 15 is 0 Å². The minimum atomic E-state index is -3.60. The van der Waals surface area contributed by atoms with Crippen molar-refractivity contribution in [3.05, 3.63) is 40.9 Å². The van der Waals surface area contributed by atoms with Crippen LogP contribution >= 0.6 is 11.3 Å². The summed E-state index contributed by atoms with van der Waals surface area (Å²) in [5, 5.41) is 2.91. The van der Waals surface area contributed by atoms with Crippen molar-refractivity contribution in [1.82, 2.24) is 14.6 Å². The van der Waals surface area contributed by atoms with Gasteiger partial charge in [0.25, 0.3) is 0 Å². The number of hydrogen-bond donors (Lipinski definition) is 1. The van der Waals surface area contributed by atoms with Crippen molar-refractivity contribution in [2.24, 2.45) is 0 Å². The van der Waals surface area contributed by atoms with Crippen molar-refractivity contribution in [1.29, 1.82) is 0 Å². The van der Waals surface area contributed by atoms with Gasteiger partial charge >= 0.3 is 0 Å². The Morgan fingerprint density at radius 2 is 1.93 bits per heavy atom. The van der Waals surface area contributed by atoms with E-state index in [0.29, 0.717) is 13.1 Å². The molecular weight excluding hydrogens is 384 g/mol. The van der Waals surface area contributed by atoms with Gasteiger partial charge in [-0.25, -0.2) is 18.1 Å². The van der Waals surface area contributed by atoms with Gasteiger partial charge in [0.2, 0.25) is 15.9 Å². The number of thiazole rings is 1. The van der Waals surface area contributed by atoms with Crippen LogP contribution in [0.5, 0.6) is 0 Å². The van der Waals surface area contributed by atoms with E-state index in [1.54, 1.807) is 40.6 Å². The van der Waals surface area contributed by atoms with Crippen molar-refractivity contribution in [2.75, 3.05) is 37.6 Å². The molecule has 1 fully saturated rings.